The smallest absolute Gasteiger partial charge is 0.338 e. The van der Waals surface area contributed by atoms with Crippen LogP contribution in [0.25, 0.3) is 0 Å². The molecule has 0 atom stereocenters. The zero-order valence-corrected chi connectivity index (χ0v) is 22.1. The predicted molar refractivity (Wildman–Crippen MR) is 150 cm³/mol. The van der Waals surface area contributed by atoms with Crippen LogP contribution in [0.5, 0.6) is 0 Å². The summed E-state index contributed by atoms with van der Waals surface area (Å²) in [5.41, 5.74) is 3.58. The summed E-state index contributed by atoms with van der Waals surface area (Å²) in [6, 6.07) is 27.6. The third-order valence-electron chi connectivity index (χ3n) is 6.82. The fourth-order valence-electron chi connectivity index (χ4n) is 4.69. The van der Waals surface area contributed by atoms with Crippen molar-refractivity contribution in [3.63, 3.8) is 0 Å². The third-order valence-corrected chi connectivity index (χ3v) is 6.82. The summed E-state index contributed by atoms with van der Waals surface area (Å²) in [5.74, 6) is -0.190. The highest BCUT2D eigenvalue weighted by molar-refractivity contribution is 5.92. The van der Waals surface area contributed by atoms with Crippen LogP contribution in [0, 0.1) is 0 Å². The van der Waals surface area contributed by atoms with Crippen molar-refractivity contribution in [3.8, 4) is 0 Å². The molecule has 0 spiro atoms. The third kappa shape index (κ3) is 7.91. The van der Waals surface area contributed by atoms with E-state index in [0.29, 0.717) is 30.9 Å². The van der Waals surface area contributed by atoms with Gasteiger partial charge in [0, 0.05) is 44.3 Å². The second-order valence-electron chi connectivity index (χ2n) is 9.33. The zero-order chi connectivity index (χ0) is 26.6. The lowest BCUT2D eigenvalue weighted by molar-refractivity contribution is 0.0351. The number of benzene rings is 3. The average Bonchev–Trinajstić information content (AvgIpc) is 2.97. The number of carbonyl (C=O) groups is 2. The molecule has 0 saturated carbocycles. The van der Waals surface area contributed by atoms with Gasteiger partial charge in [0.25, 0.3) is 0 Å². The summed E-state index contributed by atoms with van der Waals surface area (Å²) in [4.78, 5) is 29.7. The minimum atomic E-state index is -0.370. The number of morpholine rings is 1. The Labute approximate surface area is 225 Å². The van der Waals surface area contributed by atoms with E-state index in [4.69, 9.17) is 9.47 Å². The van der Waals surface area contributed by atoms with Crippen molar-refractivity contribution >= 4 is 17.7 Å². The molecule has 200 valence electrons. The summed E-state index contributed by atoms with van der Waals surface area (Å²) < 4.78 is 10.5. The SMILES string of the molecule is CCOC(=O)c1ccc(NC(=O)N(CCC(c2ccccc2)c2ccccc2)CCN2CCOCC2)cc1. The van der Waals surface area contributed by atoms with Crippen molar-refractivity contribution in [3.05, 3.63) is 102 Å². The standard InChI is InChI=1S/C31H37N3O4/c1-2-38-30(35)27-13-15-28(16-14-27)32-31(36)34(20-19-33-21-23-37-24-22-33)18-17-29(25-9-5-3-6-10-25)26-11-7-4-8-12-26/h3-16,29H,2,17-24H2,1H3,(H,32,36). The van der Waals surface area contributed by atoms with Crippen LogP contribution in [-0.4, -0.2) is 74.3 Å². The maximum absolute atomic E-state index is 13.5. The Morgan fingerprint density at radius 2 is 1.50 bits per heavy atom. The highest BCUT2D eigenvalue weighted by Crippen LogP contribution is 2.28. The number of urea groups is 1. The second-order valence-corrected chi connectivity index (χ2v) is 9.33. The van der Waals surface area contributed by atoms with Crippen LogP contribution in [0.2, 0.25) is 0 Å². The molecule has 0 aromatic heterocycles. The van der Waals surface area contributed by atoms with E-state index in [9.17, 15) is 9.59 Å². The van der Waals surface area contributed by atoms with Gasteiger partial charge in [0.1, 0.15) is 0 Å². The van der Waals surface area contributed by atoms with Gasteiger partial charge in [-0.25, -0.2) is 9.59 Å². The molecule has 38 heavy (non-hydrogen) atoms. The largest absolute Gasteiger partial charge is 0.462 e. The molecule has 0 unspecified atom stereocenters. The number of rotatable bonds is 11. The van der Waals surface area contributed by atoms with Gasteiger partial charge in [-0.1, -0.05) is 60.7 Å². The molecule has 1 saturated heterocycles. The van der Waals surface area contributed by atoms with E-state index in [0.717, 1.165) is 39.3 Å². The number of nitrogens with zero attached hydrogens (tertiary/aromatic N) is 2. The number of esters is 1. The summed E-state index contributed by atoms with van der Waals surface area (Å²) in [6.45, 7) is 7.31. The molecule has 3 aromatic rings. The van der Waals surface area contributed by atoms with Crippen LogP contribution in [0.3, 0.4) is 0 Å². The van der Waals surface area contributed by atoms with Crippen molar-refractivity contribution in [2.24, 2.45) is 0 Å². The summed E-state index contributed by atoms with van der Waals surface area (Å²) >= 11 is 0. The monoisotopic (exact) mass is 515 g/mol. The Morgan fingerprint density at radius 3 is 2.08 bits per heavy atom. The Kier molecular flexibility index (Phi) is 10.3. The molecule has 1 fully saturated rings. The van der Waals surface area contributed by atoms with E-state index in [1.165, 1.54) is 11.1 Å². The highest BCUT2D eigenvalue weighted by Gasteiger charge is 2.21. The molecule has 7 heteroatoms. The van der Waals surface area contributed by atoms with Gasteiger partial charge in [0.05, 0.1) is 25.4 Å². The Morgan fingerprint density at radius 1 is 0.895 bits per heavy atom. The molecule has 1 aliphatic rings. The predicted octanol–water partition coefficient (Wildman–Crippen LogP) is 5.25. The van der Waals surface area contributed by atoms with Crippen LogP contribution in [0.15, 0.2) is 84.9 Å². The Hall–Kier alpha value is -3.68. The Balaban J connectivity index is 1.47. The van der Waals surface area contributed by atoms with E-state index in [1.807, 2.05) is 17.0 Å². The van der Waals surface area contributed by atoms with E-state index in [2.05, 4.69) is 58.7 Å². The van der Waals surface area contributed by atoms with Gasteiger partial charge in [-0.05, 0) is 48.7 Å². The minimum absolute atomic E-state index is 0.151. The molecular weight excluding hydrogens is 478 g/mol. The number of nitrogens with one attached hydrogen (secondary N) is 1. The van der Waals surface area contributed by atoms with E-state index < -0.39 is 0 Å². The fraction of sp³-hybridized carbons (Fsp3) is 0.355. The normalized spacial score (nSPS) is 13.7. The number of anilines is 1. The number of hydrogen-bond acceptors (Lipinski definition) is 5. The number of ether oxygens (including phenoxy) is 2. The van der Waals surface area contributed by atoms with Gasteiger partial charge in [-0.2, -0.15) is 0 Å². The molecule has 1 N–H and O–H groups in total. The van der Waals surface area contributed by atoms with Gasteiger partial charge in [-0.3, -0.25) is 4.90 Å². The van der Waals surface area contributed by atoms with Crippen molar-refractivity contribution in [2.75, 3.05) is 57.9 Å². The van der Waals surface area contributed by atoms with Crippen molar-refractivity contribution in [2.45, 2.75) is 19.3 Å². The van der Waals surface area contributed by atoms with Crippen LogP contribution in [0.1, 0.15) is 40.7 Å². The lowest BCUT2D eigenvalue weighted by Gasteiger charge is -2.31. The lowest BCUT2D eigenvalue weighted by Crippen LogP contribution is -2.44. The molecule has 0 radical (unpaired) electrons. The van der Waals surface area contributed by atoms with Gasteiger partial charge in [0.15, 0.2) is 0 Å². The first kappa shape index (κ1) is 27.4. The zero-order valence-electron chi connectivity index (χ0n) is 22.1. The molecule has 1 aliphatic heterocycles. The first-order chi connectivity index (χ1) is 18.6. The first-order valence-corrected chi connectivity index (χ1v) is 13.4. The Bertz CT molecular complexity index is 1090. The average molecular weight is 516 g/mol. The van der Waals surface area contributed by atoms with Gasteiger partial charge in [0.2, 0.25) is 0 Å². The molecule has 7 nitrogen and oxygen atoms in total. The molecule has 3 aromatic carbocycles. The molecule has 0 aliphatic carbocycles. The molecule has 1 heterocycles. The summed E-state index contributed by atoms with van der Waals surface area (Å²) in [7, 11) is 0. The van der Waals surface area contributed by atoms with E-state index >= 15 is 0 Å². The number of amides is 2. The van der Waals surface area contributed by atoms with Crippen molar-refractivity contribution in [1.82, 2.24) is 9.80 Å². The van der Waals surface area contributed by atoms with Crippen molar-refractivity contribution < 1.29 is 19.1 Å². The first-order valence-electron chi connectivity index (χ1n) is 13.4. The van der Waals surface area contributed by atoms with Crippen LogP contribution < -0.4 is 5.32 Å². The second kappa shape index (κ2) is 14.3. The van der Waals surface area contributed by atoms with Crippen molar-refractivity contribution in [1.29, 1.82) is 0 Å². The van der Waals surface area contributed by atoms with Gasteiger partial charge >= 0.3 is 12.0 Å². The van der Waals surface area contributed by atoms with Gasteiger partial charge in [-0.15, -0.1) is 0 Å². The van der Waals surface area contributed by atoms with E-state index in [1.54, 1.807) is 31.2 Å². The number of carbonyl (C=O) groups excluding carboxylic acids is 2. The maximum Gasteiger partial charge on any atom is 0.338 e. The molecule has 4 rings (SSSR count). The molecule has 0 bridgehead atoms. The maximum atomic E-state index is 13.5. The quantitative estimate of drug-likeness (QED) is 0.353. The lowest BCUT2D eigenvalue weighted by atomic mass is 9.88. The minimum Gasteiger partial charge on any atom is -0.462 e. The molecular formula is C31H37N3O4. The van der Waals surface area contributed by atoms with Crippen LogP contribution in [-0.2, 0) is 9.47 Å². The number of hydrogen-bond donors (Lipinski definition) is 1. The van der Waals surface area contributed by atoms with Gasteiger partial charge < -0.3 is 19.7 Å². The summed E-state index contributed by atoms with van der Waals surface area (Å²) in [5, 5.41) is 3.02. The van der Waals surface area contributed by atoms with Crippen LogP contribution >= 0.6 is 0 Å². The van der Waals surface area contributed by atoms with E-state index in [-0.39, 0.29) is 17.9 Å². The van der Waals surface area contributed by atoms with Crippen LogP contribution in [0.4, 0.5) is 10.5 Å². The highest BCUT2D eigenvalue weighted by atomic mass is 16.5. The molecule has 2 amide bonds. The topological polar surface area (TPSA) is 71.1 Å². The fourth-order valence-corrected chi connectivity index (χ4v) is 4.69. The summed E-state index contributed by atoms with van der Waals surface area (Å²) in [6.07, 6.45) is 0.798.